The molecule has 0 bridgehead atoms. The Bertz CT molecular complexity index is 866. The maximum atomic E-state index is 4.77. The number of aliphatic imine (C=N–C) groups is 1. The molecule has 20 heavy (non-hydrogen) atoms. The Labute approximate surface area is 117 Å². The van der Waals surface area contributed by atoms with Gasteiger partial charge in [0, 0.05) is 16.7 Å². The molecule has 0 aromatic heterocycles. The summed E-state index contributed by atoms with van der Waals surface area (Å²) < 4.78 is 0. The van der Waals surface area contributed by atoms with Crippen molar-refractivity contribution in [2.24, 2.45) is 4.99 Å². The van der Waals surface area contributed by atoms with E-state index >= 15 is 0 Å². The van der Waals surface area contributed by atoms with Crippen LogP contribution in [0.1, 0.15) is 11.1 Å². The van der Waals surface area contributed by atoms with E-state index in [1.54, 1.807) is 0 Å². The number of nitrogens with zero attached hydrogens (tertiary/aromatic N) is 1. The number of allylic oxidation sites excluding steroid dienone is 1. The first-order chi connectivity index (χ1) is 9.84. The van der Waals surface area contributed by atoms with Gasteiger partial charge in [0.15, 0.2) is 0 Å². The number of fused-ring (bicyclic) bond motifs is 2. The molecule has 0 saturated heterocycles. The SMILES string of the molecule is C=C1C(c2cccc3ccccc23)=Nc2ccccc21. The van der Waals surface area contributed by atoms with Crippen molar-refractivity contribution in [1.82, 2.24) is 0 Å². The fraction of sp³-hybridized carbons (Fsp3) is 0. The summed E-state index contributed by atoms with van der Waals surface area (Å²) in [5.41, 5.74) is 5.31. The van der Waals surface area contributed by atoms with Crippen LogP contribution in [0.4, 0.5) is 5.69 Å². The van der Waals surface area contributed by atoms with Crippen LogP contribution < -0.4 is 0 Å². The van der Waals surface area contributed by atoms with Crippen molar-refractivity contribution < 1.29 is 0 Å². The lowest BCUT2D eigenvalue weighted by atomic mass is 9.95. The van der Waals surface area contributed by atoms with E-state index in [0.717, 1.165) is 28.1 Å². The summed E-state index contributed by atoms with van der Waals surface area (Å²) in [6, 6.07) is 22.9. The highest BCUT2D eigenvalue weighted by Gasteiger charge is 2.20. The van der Waals surface area contributed by atoms with Gasteiger partial charge in [0.25, 0.3) is 0 Å². The molecule has 94 valence electrons. The minimum atomic E-state index is 0.989. The van der Waals surface area contributed by atoms with E-state index in [0.29, 0.717) is 0 Å². The lowest BCUT2D eigenvalue weighted by Crippen LogP contribution is -1.99. The molecule has 0 atom stereocenters. The van der Waals surface area contributed by atoms with Gasteiger partial charge < -0.3 is 0 Å². The molecule has 0 radical (unpaired) electrons. The molecular formula is C19H13N. The predicted octanol–water partition coefficient (Wildman–Crippen LogP) is 4.99. The van der Waals surface area contributed by atoms with Crippen LogP contribution in [-0.2, 0) is 0 Å². The molecule has 0 unspecified atom stereocenters. The van der Waals surface area contributed by atoms with E-state index in [-0.39, 0.29) is 0 Å². The van der Waals surface area contributed by atoms with E-state index in [4.69, 9.17) is 4.99 Å². The van der Waals surface area contributed by atoms with Crippen molar-refractivity contribution in [3.63, 3.8) is 0 Å². The molecule has 1 nitrogen and oxygen atoms in total. The second kappa shape index (κ2) is 4.17. The van der Waals surface area contributed by atoms with Gasteiger partial charge in [0.05, 0.1) is 11.4 Å². The van der Waals surface area contributed by atoms with Crippen molar-refractivity contribution >= 4 is 27.7 Å². The highest BCUT2D eigenvalue weighted by Crippen LogP contribution is 2.37. The third kappa shape index (κ3) is 1.53. The molecule has 0 saturated carbocycles. The van der Waals surface area contributed by atoms with Crippen LogP contribution in [0.15, 0.2) is 78.3 Å². The van der Waals surface area contributed by atoms with E-state index in [1.165, 1.54) is 10.8 Å². The fourth-order valence-corrected chi connectivity index (χ4v) is 2.80. The molecule has 0 amide bonds. The third-order valence-electron chi connectivity index (χ3n) is 3.79. The first-order valence-corrected chi connectivity index (χ1v) is 6.70. The maximum absolute atomic E-state index is 4.77. The lowest BCUT2D eigenvalue weighted by Gasteiger charge is -2.07. The summed E-state index contributed by atoms with van der Waals surface area (Å²) in [5.74, 6) is 0. The summed E-state index contributed by atoms with van der Waals surface area (Å²) >= 11 is 0. The Morgan fingerprint density at radius 1 is 0.700 bits per heavy atom. The topological polar surface area (TPSA) is 12.4 Å². The largest absolute Gasteiger partial charge is 0.247 e. The average Bonchev–Trinajstić information content (AvgIpc) is 2.84. The Kier molecular flexibility index (Phi) is 2.33. The van der Waals surface area contributed by atoms with Gasteiger partial charge in [0.1, 0.15) is 0 Å². The number of rotatable bonds is 1. The fourth-order valence-electron chi connectivity index (χ4n) is 2.80. The Hall–Kier alpha value is -2.67. The third-order valence-corrected chi connectivity index (χ3v) is 3.79. The number of hydrogen-bond donors (Lipinski definition) is 0. The maximum Gasteiger partial charge on any atom is 0.0788 e. The molecule has 3 aromatic carbocycles. The van der Waals surface area contributed by atoms with Crippen LogP contribution >= 0.6 is 0 Å². The minimum Gasteiger partial charge on any atom is -0.247 e. The molecule has 0 N–H and O–H groups in total. The highest BCUT2D eigenvalue weighted by atomic mass is 14.8. The number of benzene rings is 3. The van der Waals surface area contributed by atoms with Crippen LogP contribution in [0.2, 0.25) is 0 Å². The summed E-state index contributed by atoms with van der Waals surface area (Å²) in [7, 11) is 0. The molecule has 0 aliphatic carbocycles. The lowest BCUT2D eigenvalue weighted by molar-refractivity contribution is 1.54. The molecule has 3 aromatic rings. The summed E-state index contributed by atoms with van der Waals surface area (Å²) in [6.07, 6.45) is 0. The molecule has 1 aliphatic heterocycles. The van der Waals surface area contributed by atoms with Crippen LogP contribution in [-0.4, -0.2) is 5.71 Å². The predicted molar refractivity (Wildman–Crippen MR) is 85.6 cm³/mol. The van der Waals surface area contributed by atoms with Gasteiger partial charge in [-0.2, -0.15) is 0 Å². The van der Waals surface area contributed by atoms with Crippen molar-refractivity contribution in [3.05, 3.63) is 84.4 Å². The molecule has 0 fully saturated rings. The van der Waals surface area contributed by atoms with E-state index in [1.807, 2.05) is 18.2 Å². The normalized spacial score (nSPS) is 13.4. The van der Waals surface area contributed by atoms with Crippen LogP contribution in [0.3, 0.4) is 0 Å². The first-order valence-electron chi connectivity index (χ1n) is 6.70. The second-order valence-corrected chi connectivity index (χ2v) is 4.98. The van der Waals surface area contributed by atoms with Crippen LogP contribution in [0.5, 0.6) is 0 Å². The van der Waals surface area contributed by atoms with Gasteiger partial charge >= 0.3 is 0 Å². The molecule has 4 rings (SSSR count). The van der Waals surface area contributed by atoms with E-state index in [2.05, 4.69) is 55.1 Å². The number of para-hydroxylation sites is 1. The molecular weight excluding hydrogens is 242 g/mol. The Morgan fingerprint density at radius 3 is 2.30 bits per heavy atom. The summed E-state index contributed by atoms with van der Waals surface area (Å²) in [6.45, 7) is 4.23. The van der Waals surface area contributed by atoms with Crippen molar-refractivity contribution in [2.45, 2.75) is 0 Å². The zero-order valence-electron chi connectivity index (χ0n) is 11.0. The minimum absolute atomic E-state index is 0.989. The summed E-state index contributed by atoms with van der Waals surface area (Å²) in [4.78, 5) is 4.77. The van der Waals surface area contributed by atoms with Crippen molar-refractivity contribution in [1.29, 1.82) is 0 Å². The smallest absolute Gasteiger partial charge is 0.0788 e. The van der Waals surface area contributed by atoms with Gasteiger partial charge in [0.2, 0.25) is 0 Å². The zero-order chi connectivity index (χ0) is 13.5. The second-order valence-electron chi connectivity index (χ2n) is 4.98. The monoisotopic (exact) mass is 255 g/mol. The van der Waals surface area contributed by atoms with Crippen LogP contribution in [0.25, 0.3) is 16.3 Å². The molecule has 1 aliphatic rings. The standard InChI is InChI=1S/C19H13N/c1-13-15-9-4-5-12-18(15)20-19(13)17-11-6-8-14-7-2-3-10-16(14)17/h2-12H,1H2. The average molecular weight is 255 g/mol. The van der Waals surface area contributed by atoms with Crippen LogP contribution in [0, 0.1) is 0 Å². The highest BCUT2D eigenvalue weighted by molar-refractivity contribution is 6.38. The first kappa shape index (κ1) is 11.2. The summed E-state index contributed by atoms with van der Waals surface area (Å²) in [5, 5.41) is 2.46. The van der Waals surface area contributed by atoms with Gasteiger partial charge in [-0.3, -0.25) is 0 Å². The van der Waals surface area contributed by atoms with Gasteiger partial charge in [-0.15, -0.1) is 0 Å². The van der Waals surface area contributed by atoms with Gasteiger partial charge in [-0.25, -0.2) is 4.99 Å². The molecule has 0 spiro atoms. The van der Waals surface area contributed by atoms with Gasteiger partial charge in [-0.05, 0) is 16.8 Å². The number of hydrogen-bond acceptors (Lipinski definition) is 1. The van der Waals surface area contributed by atoms with Gasteiger partial charge in [-0.1, -0.05) is 67.2 Å². The zero-order valence-corrected chi connectivity index (χ0v) is 11.0. The van der Waals surface area contributed by atoms with Crippen molar-refractivity contribution in [2.75, 3.05) is 0 Å². The van der Waals surface area contributed by atoms with Crippen molar-refractivity contribution in [3.8, 4) is 0 Å². The molecule has 1 heteroatoms. The van der Waals surface area contributed by atoms with E-state index in [9.17, 15) is 0 Å². The Morgan fingerprint density at radius 2 is 1.40 bits per heavy atom. The Balaban J connectivity index is 1.97. The quantitative estimate of drug-likeness (QED) is 0.581. The van der Waals surface area contributed by atoms with E-state index < -0.39 is 0 Å². The molecule has 1 heterocycles.